The van der Waals surface area contributed by atoms with E-state index in [0.717, 1.165) is 11.9 Å². The molecule has 1 aliphatic heterocycles. The fourth-order valence-corrected chi connectivity index (χ4v) is 5.29. The van der Waals surface area contributed by atoms with E-state index in [9.17, 15) is 4.79 Å². The second-order valence-electron chi connectivity index (χ2n) is 8.21. The summed E-state index contributed by atoms with van der Waals surface area (Å²) in [7, 11) is -0.539. The van der Waals surface area contributed by atoms with Crippen LogP contribution >= 0.6 is 11.6 Å². The standard InChI is InChI=1S/C18H22BClO4/c1-17(2)11-7-14(17)18(3)15(8-11)23-19(24-18)13-9-12(20)5-4-10(13)6-16(21)22/h4-5,9,11,14-15H,6-8H2,1-3H3,(H,21,22)/t11-,14-,15+,18-/m0/s1. The minimum absolute atomic E-state index is 0.0609. The van der Waals surface area contributed by atoms with Crippen molar-refractivity contribution in [1.29, 1.82) is 0 Å². The van der Waals surface area contributed by atoms with E-state index in [0.29, 0.717) is 22.4 Å². The summed E-state index contributed by atoms with van der Waals surface area (Å²) in [5.41, 5.74) is 1.41. The van der Waals surface area contributed by atoms with Gasteiger partial charge in [0.2, 0.25) is 0 Å². The maximum Gasteiger partial charge on any atom is 0.495 e. The number of carboxylic acids is 1. The van der Waals surface area contributed by atoms with Gasteiger partial charge in [-0.15, -0.1) is 0 Å². The largest absolute Gasteiger partial charge is 0.495 e. The molecular formula is C18H22BClO4. The van der Waals surface area contributed by atoms with E-state index >= 15 is 0 Å². The topological polar surface area (TPSA) is 55.8 Å². The van der Waals surface area contributed by atoms with Crippen molar-refractivity contribution in [3.8, 4) is 0 Å². The Morgan fingerprint density at radius 3 is 2.79 bits per heavy atom. The number of hydrogen-bond acceptors (Lipinski definition) is 3. The molecule has 24 heavy (non-hydrogen) atoms. The second kappa shape index (κ2) is 5.23. The number of rotatable bonds is 3. The molecule has 1 aromatic carbocycles. The summed E-state index contributed by atoms with van der Waals surface area (Å²) in [5, 5.41) is 9.73. The molecule has 3 saturated carbocycles. The van der Waals surface area contributed by atoms with Gasteiger partial charge >= 0.3 is 13.1 Å². The molecule has 3 aliphatic carbocycles. The Kier molecular flexibility index (Phi) is 3.58. The molecular weight excluding hydrogens is 326 g/mol. The first kappa shape index (κ1) is 16.4. The van der Waals surface area contributed by atoms with Gasteiger partial charge in [-0.3, -0.25) is 4.79 Å². The summed E-state index contributed by atoms with van der Waals surface area (Å²) in [6.45, 7) is 6.79. The molecule has 1 aromatic rings. The summed E-state index contributed by atoms with van der Waals surface area (Å²) in [6.07, 6.45) is 2.20. The van der Waals surface area contributed by atoms with Gasteiger partial charge in [-0.1, -0.05) is 31.5 Å². The zero-order chi connectivity index (χ0) is 17.3. The Hall–Kier alpha value is -1.04. The fraction of sp³-hybridized carbons (Fsp3) is 0.611. The van der Waals surface area contributed by atoms with E-state index < -0.39 is 13.1 Å². The summed E-state index contributed by atoms with van der Waals surface area (Å²) < 4.78 is 12.7. The van der Waals surface area contributed by atoms with Crippen LogP contribution in [-0.2, 0) is 20.5 Å². The van der Waals surface area contributed by atoms with Crippen molar-refractivity contribution >= 4 is 30.2 Å². The highest BCUT2D eigenvalue weighted by atomic mass is 35.5. The highest BCUT2D eigenvalue weighted by molar-refractivity contribution is 6.63. The van der Waals surface area contributed by atoms with Gasteiger partial charge in [-0.25, -0.2) is 0 Å². The molecule has 6 heteroatoms. The second-order valence-corrected chi connectivity index (χ2v) is 8.65. The van der Waals surface area contributed by atoms with Gasteiger partial charge in [0.25, 0.3) is 0 Å². The first-order chi connectivity index (χ1) is 11.2. The lowest BCUT2D eigenvalue weighted by atomic mass is 9.43. The molecule has 0 spiro atoms. The molecule has 4 aliphatic rings. The smallest absolute Gasteiger partial charge is 0.481 e. The van der Waals surface area contributed by atoms with Gasteiger partial charge in [-0.2, -0.15) is 0 Å². The van der Waals surface area contributed by atoms with Crippen LogP contribution in [-0.4, -0.2) is 29.9 Å². The van der Waals surface area contributed by atoms with E-state index in [2.05, 4.69) is 20.8 Å². The molecule has 128 valence electrons. The summed E-state index contributed by atoms with van der Waals surface area (Å²) >= 11 is 6.14. The Morgan fingerprint density at radius 2 is 2.12 bits per heavy atom. The summed E-state index contributed by atoms with van der Waals surface area (Å²) in [4.78, 5) is 11.2. The van der Waals surface area contributed by atoms with Crippen LogP contribution < -0.4 is 5.46 Å². The van der Waals surface area contributed by atoms with Crippen LogP contribution in [0, 0.1) is 17.3 Å². The van der Waals surface area contributed by atoms with Crippen molar-refractivity contribution in [1.82, 2.24) is 0 Å². The SMILES string of the molecule is CC1(C)[C@@H]2C[C@H]3OB(c4cc(Cl)ccc4CC(=O)O)O[C@@]3(C)[C@H]1C2. The van der Waals surface area contributed by atoms with Gasteiger partial charge in [0.15, 0.2) is 0 Å². The molecule has 4 fully saturated rings. The van der Waals surface area contributed by atoms with Crippen molar-refractivity contribution in [2.75, 3.05) is 0 Å². The molecule has 4 atom stereocenters. The Labute approximate surface area is 147 Å². The first-order valence-electron chi connectivity index (χ1n) is 8.55. The van der Waals surface area contributed by atoms with E-state index in [4.69, 9.17) is 26.0 Å². The van der Waals surface area contributed by atoms with Crippen molar-refractivity contribution in [3.05, 3.63) is 28.8 Å². The van der Waals surface area contributed by atoms with Crippen molar-refractivity contribution in [2.45, 2.75) is 51.7 Å². The zero-order valence-corrected chi connectivity index (χ0v) is 15.0. The minimum atomic E-state index is -0.872. The quantitative estimate of drug-likeness (QED) is 0.853. The van der Waals surface area contributed by atoms with Gasteiger partial charge in [0.1, 0.15) is 0 Å². The maximum absolute atomic E-state index is 11.2. The molecule has 1 saturated heterocycles. The fourth-order valence-electron chi connectivity index (χ4n) is 5.11. The van der Waals surface area contributed by atoms with Gasteiger partial charge < -0.3 is 14.4 Å². The third kappa shape index (κ3) is 2.25. The lowest BCUT2D eigenvalue weighted by Crippen LogP contribution is -2.65. The Bertz CT molecular complexity index is 706. The normalized spacial score (nSPS) is 36.2. The number of benzene rings is 1. The van der Waals surface area contributed by atoms with E-state index in [1.54, 1.807) is 18.2 Å². The van der Waals surface area contributed by atoms with Gasteiger partial charge in [0.05, 0.1) is 18.1 Å². The lowest BCUT2D eigenvalue weighted by molar-refractivity contribution is -0.199. The van der Waals surface area contributed by atoms with Crippen LogP contribution in [0.5, 0.6) is 0 Å². The molecule has 4 nitrogen and oxygen atoms in total. The maximum atomic E-state index is 11.2. The predicted molar refractivity (Wildman–Crippen MR) is 92.5 cm³/mol. The third-order valence-electron chi connectivity index (χ3n) is 6.65. The van der Waals surface area contributed by atoms with E-state index in [1.807, 2.05) is 0 Å². The molecule has 0 unspecified atom stereocenters. The lowest BCUT2D eigenvalue weighted by Gasteiger charge is -2.64. The average molecular weight is 349 g/mol. The summed E-state index contributed by atoms with van der Waals surface area (Å²) in [6, 6.07) is 5.25. The molecule has 0 aromatic heterocycles. The van der Waals surface area contributed by atoms with Gasteiger partial charge in [-0.05, 0) is 60.2 Å². The average Bonchev–Trinajstić information content (AvgIpc) is 2.85. The van der Waals surface area contributed by atoms with Crippen LogP contribution in [0.15, 0.2) is 18.2 Å². The van der Waals surface area contributed by atoms with E-state index in [-0.39, 0.29) is 23.5 Å². The van der Waals surface area contributed by atoms with Crippen LogP contribution in [0.1, 0.15) is 39.2 Å². The molecule has 1 N–H and O–H groups in total. The van der Waals surface area contributed by atoms with Gasteiger partial charge in [0, 0.05) is 5.02 Å². The highest BCUT2D eigenvalue weighted by Crippen LogP contribution is 2.65. The summed E-state index contributed by atoms with van der Waals surface area (Å²) in [5.74, 6) is 0.283. The zero-order valence-electron chi connectivity index (χ0n) is 14.2. The monoisotopic (exact) mass is 348 g/mol. The number of carboxylic acid groups (broad SMARTS) is 1. The van der Waals surface area contributed by atoms with Crippen molar-refractivity contribution in [3.63, 3.8) is 0 Å². The van der Waals surface area contributed by atoms with Crippen molar-refractivity contribution in [2.24, 2.45) is 17.3 Å². The highest BCUT2D eigenvalue weighted by Gasteiger charge is 2.68. The van der Waals surface area contributed by atoms with Crippen LogP contribution in [0.2, 0.25) is 5.02 Å². The molecule has 0 amide bonds. The molecule has 2 bridgehead atoms. The molecule has 0 radical (unpaired) electrons. The Morgan fingerprint density at radius 1 is 1.38 bits per heavy atom. The Balaban J connectivity index is 1.66. The predicted octanol–water partition coefficient (Wildman–Crippen LogP) is 2.90. The van der Waals surface area contributed by atoms with E-state index in [1.165, 1.54) is 6.42 Å². The number of halogens is 1. The first-order valence-corrected chi connectivity index (χ1v) is 8.93. The van der Waals surface area contributed by atoms with Crippen LogP contribution in [0.3, 0.4) is 0 Å². The minimum Gasteiger partial charge on any atom is -0.481 e. The van der Waals surface area contributed by atoms with Crippen LogP contribution in [0.25, 0.3) is 0 Å². The number of carbonyl (C=O) groups is 1. The molecule has 1 heterocycles. The molecule has 5 rings (SSSR count). The number of aliphatic carboxylic acids is 1. The third-order valence-corrected chi connectivity index (χ3v) is 6.89. The van der Waals surface area contributed by atoms with Crippen LogP contribution in [0.4, 0.5) is 0 Å². The number of hydrogen-bond donors (Lipinski definition) is 1. The van der Waals surface area contributed by atoms with Crippen molar-refractivity contribution < 1.29 is 19.2 Å².